The predicted molar refractivity (Wildman–Crippen MR) is 58.9 cm³/mol. The molecule has 0 aliphatic carbocycles. The predicted octanol–water partition coefficient (Wildman–Crippen LogP) is 3.02. The van der Waals surface area contributed by atoms with Gasteiger partial charge < -0.3 is 0 Å². The van der Waals surface area contributed by atoms with Crippen LogP contribution in [0.4, 0.5) is 0 Å². The fourth-order valence-electron chi connectivity index (χ4n) is 0.927. The zero-order chi connectivity index (χ0) is 10.0. The molecule has 0 bridgehead atoms. The second-order valence-electron chi connectivity index (χ2n) is 2.45. The third kappa shape index (κ3) is 2.01. The third-order valence-corrected chi connectivity index (χ3v) is 2.87. The molecule has 2 nitrogen and oxygen atoms in total. The normalized spacial score (nSPS) is 9.38. The molecule has 1 aromatic carbocycles. The summed E-state index contributed by atoms with van der Waals surface area (Å²) in [6, 6.07) is 5.31. The standard InChI is InChI=1S/C9H5ClINO/c1-5(13)6-2-3-8(11)7(4-12)9(6)10/h2-3H,1H3. The number of nitriles is 1. The maximum absolute atomic E-state index is 11.0. The highest BCUT2D eigenvalue weighted by molar-refractivity contribution is 14.1. The number of carbonyl (C=O) groups excluding carboxylic acids is 1. The molecular weight excluding hydrogens is 300 g/mol. The van der Waals surface area contributed by atoms with Crippen LogP contribution in [0.2, 0.25) is 5.02 Å². The Bertz CT molecular complexity index is 409. The molecule has 0 spiro atoms. The van der Waals surface area contributed by atoms with Crippen LogP contribution in [0.3, 0.4) is 0 Å². The van der Waals surface area contributed by atoms with Crippen molar-refractivity contribution >= 4 is 40.0 Å². The van der Waals surface area contributed by atoms with Gasteiger partial charge in [-0.3, -0.25) is 4.79 Å². The minimum Gasteiger partial charge on any atom is -0.294 e. The largest absolute Gasteiger partial charge is 0.294 e. The van der Waals surface area contributed by atoms with Crippen LogP contribution >= 0.6 is 34.2 Å². The summed E-state index contributed by atoms with van der Waals surface area (Å²) in [5, 5.41) is 9.01. The second kappa shape index (κ2) is 4.07. The molecule has 0 aliphatic rings. The highest BCUT2D eigenvalue weighted by Crippen LogP contribution is 2.25. The van der Waals surface area contributed by atoms with Crippen LogP contribution < -0.4 is 0 Å². The average Bonchev–Trinajstić information content (AvgIpc) is 2.04. The van der Waals surface area contributed by atoms with Crippen LogP contribution in [0, 0.1) is 14.9 Å². The number of halogens is 2. The number of ketones is 1. The summed E-state index contributed by atoms with van der Waals surface area (Å²) in [6.45, 7) is 1.43. The van der Waals surface area contributed by atoms with Gasteiger partial charge in [0, 0.05) is 9.13 Å². The van der Waals surface area contributed by atoms with Crippen molar-refractivity contribution in [2.24, 2.45) is 0 Å². The molecule has 4 heteroatoms. The van der Waals surface area contributed by atoms with Crippen LogP contribution in [-0.4, -0.2) is 5.78 Å². The Morgan fingerprint density at radius 1 is 1.62 bits per heavy atom. The molecule has 0 saturated carbocycles. The van der Waals surface area contributed by atoms with E-state index in [0.717, 1.165) is 3.57 Å². The Balaban J connectivity index is 3.47. The van der Waals surface area contributed by atoms with E-state index in [1.54, 1.807) is 12.1 Å². The van der Waals surface area contributed by atoms with Crippen molar-refractivity contribution in [3.63, 3.8) is 0 Å². The van der Waals surface area contributed by atoms with E-state index in [1.807, 2.05) is 28.7 Å². The van der Waals surface area contributed by atoms with Gasteiger partial charge in [0.15, 0.2) is 5.78 Å². The molecule has 1 rings (SSSR count). The van der Waals surface area contributed by atoms with Crippen LogP contribution in [0.15, 0.2) is 12.1 Å². The summed E-state index contributed by atoms with van der Waals surface area (Å²) in [7, 11) is 0. The van der Waals surface area contributed by atoms with Gasteiger partial charge in [0.25, 0.3) is 0 Å². The third-order valence-electron chi connectivity index (χ3n) is 1.58. The van der Waals surface area contributed by atoms with Gasteiger partial charge in [-0.1, -0.05) is 11.6 Å². The molecule has 13 heavy (non-hydrogen) atoms. The van der Waals surface area contributed by atoms with Gasteiger partial charge in [0.1, 0.15) is 6.07 Å². The van der Waals surface area contributed by atoms with Crippen LogP contribution in [0.25, 0.3) is 0 Å². The second-order valence-corrected chi connectivity index (χ2v) is 3.99. The number of rotatable bonds is 1. The van der Waals surface area contributed by atoms with E-state index in [-0.39, 0.29) is 10.8 Å². The van der Waals surface area contributed by atoms with Gasteiger partial charge in [-0.15, -0.1) is 0 Å². The van der Waals surface area contributed by atoms with Crippen molar-refractivity contribution in [3.8, 4) is 6.07 Å². The molecule has 0 N–H and O–H groups in total. The number of carbonyl (C=O) groups is 1. The van der Waals surface area contributed by atoms with Gasteiger partial charge >= 0.3 is 0 Å². The van der Waals surface area contributed by atoms with Gasteiger partial charge in [-0.05, 0) is 41.6 Å². The summed E-state index contributed by atoms with van der Waals surface area (Å²) in [5.41, 5.74) is 0.772. The van der Waals surface area contributed by atoms with Crippen molar-refractivity contribution in [2.45, 2.75) is 6.92 Å². The fourth-order valence-corrected chi connectivity index (χ4v) is 2.00. The van der Waals surface area contributed by atoms with E-state index in [1.165, 1.54) is 6.92 Å². The van der Waals surface area contributed by atoms with Gasteiger partial charge in [0.2, 0.25) is 0 Å². The number of hydrogen-bond donors (Lipinski definition) is 0. The summed E-state index contributed by atoms with van der Waals surface area (Å²) in [5.74, 6) is -0.127. The quantitative estimate of drug-likeness (QED) is 0.591. The Morgan fingerprint density at radius 3 is 2.69 bits per heavy atom. The minimum absolute atomic E-state index is 0.127. The SMILES string of the molecule is CC(=O)c1ccc(I)c(C#N)c1Cl. The maximum Gasteiger partial charge on any atom is 0.161 e. The van der Waals surface area contributed by atoms with Crippen molar-refractivity contribution in [1.82, 2.24) is 0 Å². The van der Waals surface area contributed by atoms with E-state index in [2.05, 4.69) is 0 Å². The molecule has 0 radical (unpaired) electrons. The minimum atomic E-state index is -0.127. The molecule has 1 aromatic rings. The Kier molecular flexibility index (Phi) is 3.28. The van der Waals surface area contributed by atoms with Crippen LogP contribution in [0.5, 0.6) is 0 Å². The Labute approximate surface area is 94.6 Å². The van der Waals surface area contributed by atoms with E-state index in [9.17, 15) is 4.79 Å². The lowest BCUT2D eigenvalue weighted by atomic mass is 10.1. The van der Waals surface area contributed by atoms with Gasteiger partial charge in [0.05, 0.1) is 10.6 Å². The van der Waals surface area contributed by atoms with Crippen molar-refractivity contribution < 1.29 is 4.79 Å². The van der Waals surface area contributed by atoms with Crippen LogP contribution in [-0.2, 0) is 0 Å². The van der Waals surface area contributed by atoms with Crippen molar-refractivity contribution in [1.29, 1.82) is 5.26 Å². The van der Waals surface area contributed by atoms with Crippen LogP contribution in [0.1, 0.15) is 22.8 Å². The molecule has 0 atom stereocenters. The number of hydrogen-bond acceptors (Lipinski definition) is 2. The Hall–Kier alpha value is -0.600. The van der Waals surface area contributed by atoms with Crippen molar-refractivity contribution in [3.05, 3.63) is 31.9 Å². The molecule has 0 aliphatic heterocycles. The fraction of sp³-hybridized carbons (Fsp3) is 0.111. The zero-order valence-corrected chi connectivity index (χ0v) is 9.68. The molecular formula is C9H5ClINO. The highest BCUT2D eigenvalue weighted by atomic mass is 127. The zero-order valence-electron chi connectivity index (χ0n) is 6.77. The number of nitrogens with zero attached hydrogens (tertiary/aromatic N) is 1. The summed E-state index contributed by atoms with van der Waals surface area (Å²) < 4.78 is 0.759. The van der Waals surface area contributed by atoms with E-state index < -0.39 is 0 Å². The van der Waals surface area contributed by atoms with Gasteiger partial charge in [-0.25, -0.2) is 0 Å². The first-order chi connectivity index (χ1) is 6.07. The molecule has 0 amide bonds. The topological polar surface area (TPSA) is 40.9 Å². The summed E-state index contributed by atoms with van der Waals surface area (Å²) in [6.07, 6.45) is 0. The monoisotopic (exact) mass is 305 g/mol. The lowest BCUT2D eigenvalue weighted by Crippen LogP contribution is -1.96. The molecule has 0 aromatic heterocycles. The lowest BCUT2D eigenvalue weighted by molar-refractivity contribution is 0.101. The maximum atomic E-state index is 11.0. The molecule has 0 fully saturated rings. The average molecular weight is 306 g/mol. The van der Waals surface area contributed by atoms with Crippen molar-refractivity contribution in [2.75, 3.05) is 0 Å². The summed E-state index contributed by atoms with van der Waals surface area (Å²) in [4.78, 5) is 11.0. The molecule has 0 unspecified atom stereocenters. The van der Waals surface area contributed by atoms with Gasteiger partial charge in [-0.2, -0.15) is 5.26 Å². The molecule has 66 valence electrons. The summed E-state index contributed by atoms with van der Waals surface area (Å²) >= 11 is 7.87. The van der Waals surface area contributed by atoms with E-state index >= 15 is 0 Å². The smallest absolute Gasteiger partial charge is 0.161 e. The number of Topliss-reactive ketones (excluding diaryl/α,β-unsaturated/α-hetero) is 1. The van der Waals surface area contributed by atoms with E-state index in [4.69, 9.17) is 16.9 Å². The Morgan fingerprint density at radius 2 is 2.23 bits per heavy atom. The molecule has 0 saturated heterocycles. The lowest BCUT2D eigenvalue weighted by Gasteiger charge is -2.02. The highest BCUT2D eigenvalue weighted by Gasteiger charge is 2.12. The first kappa shape index (κ1) is 10.5. The number of benzene rings is 1. The van der Waals surface area contributed by atoms with E-state index in [0.29, 0.717) is 11.1 Å². The first-order valence-corrected chi connectivity index (χ1v) is 4.92. The molecule has 0 heterocycles. The first-order valence-electron chi connectivity index (χ1n) is 3.47.